The molecule has 1 aromatic carbocycles. The Morgan fingerprint density at radius 1 is 1.08 bits per heavy atom. The van der Waals surface area contributed by atoms with Crippen LogP contribution in [0.1, 0.15) is 17.7 Å². The van der Waals surface area contributed by atoms with Gasteiger partial charge in [0.2, 0.25) is 15.9 Å². The quantitative estimate of drug-likeness (QED) is 0.495. The normalized spacial score (nSPS) is 18.8. The van der Waals surface area contributed by atoms with Crippen molar-refractivity contribution in [1.82, 2.24) is 19.6 Å². The molecule has 1 saturated heterocycles. The summed E-state index contributed by atoms with van der Waals surface area (Å²) in [6.45, 7) is -0.670. The molecule has 2 atom stereocenters. The largest absolute Gasteiger partial charge is 0.417 e. The smallest absolute Gasteiger partial charge is 0.349 e. The van der Waals surface area contributed by atoms with Gasteiger partial charge in [0.1, 0.15) is 18.0 Å². The number of sulfonamides is 1. The average Bonchev–Trinajstić information content (AvgIpc) is 3.25. The molecule has 2 aromatic heterocycles. The fourth-order valence-electron chi connectivity index (χ4n) is 3.76. The first-order chi connectivity index (χ1) is 16.9. The molecule has 0 bridgehead atoms. The minimum Gasteiger partial charge on any atom is -0.349 e. The number of halogens is 5. The van der Waals surface area contributed by atoms with Crippen molar-refractivity contribution in [3.8, 4) is 11.3 Å². The van der Waals surface area contributed by atoms with Crippen LogP contribution < -0.4 is 5.32 Å². The summed E-state index contributed by atoms with van der Waals surface area (Å²) in [5.74, 6) is -1.39. The van der Waals surface area contributed by atoms with Gasteiger partial charge in [0.25, 0.3) is 0 Å². The van der Waals surface area contributed by atoms with Crippen molar-refractivity contribution in [2.75, 3.05) is 6.54 Å². The second kappa shape index (κ2) is 9.90. The Morgan fingerprint density at radius 3 is 2.44 bits per heavy atom. The number of aromatic nitrogens is 2. The fraction of sp³-hybridized carbons (Fsp3) is 0.261. The van der Waals surface area contributed by atoms with E-state index in [9.17, 15) is 35.2 Å². The Bertz CT molecular complexity index is 1350. The molecule has 1 aliphatic rings. The number of hydrogen-bond acceptors (Lipinski definition) is 5. The van der Waals surface area contributed by atoms with Gasteiger partial charge >= 0.3 is 6.18 Å². The third-order valence-corrected chi connectivity index (χ3v) is 7.46. The van der Waals surface area contributed by atoms with Crippen molar-refractivity contribution in [1.29, 1.82) is 0 Å². The van der Waals surface area contributed by atoms with Gasteiger partial charge < -0.3 is 5.32 Å². The second-order valence-corrected chi connectivity index (χ2v) is 9.95. The highest BCUT2D eigenvalue weighted by Gasteiger charge is 2.44. The minimum atomic E-state index is -4.52. The molecule has 7 nitrogen and oxygen atoms in total. The number of amides is 1. The lowest BCUT2D eigenvalue weighted by molar-refractivity contribution is -0.137. The van der Waals surface area contributed by atoms with Crippen LogP contribution in [0.4, 0.5) is 22.0 Å². The van der Waals surface area contributed by atoms with Crippen LogP contribution in [0.2, 0.25) is 0 Å². The number of alkyl halides is 4. The fourth-order valence-corrected chi connectivity index (χ4v) is 5.39. The molecule has 1 N–H and O–H groups in total. The van der Waals surface area contributed by atoms with Gasteiger partial charge in [-0.05, 0) is 48.5 Å². The van der Waals surface area contributed by atoms with Crippen LogP contribution >= 0.6 is 0 Å². The van der Waals surface area contributed by atoms with Gasteiger partial charge in [0, 0.05) is 30.9 Å². The number of carbonyl (C=O) groups is 1. The summed E-state index contributed by atoms with van der Waals surface area (Å²) in [6, 6.07) is 7.80. The molecule has 3 aromatic rings. The molecule has 1 fully saturated rings. The van der Waals surface area contributed by atoms with Crippen molar-refractivity contribution in [2.45, 2.75) is 36.3 Å². The van der Waals surface area contributed by atoms with Crippen molar-refractivity contribution in [3.05, 3.63) is 78.0 Å². The molecule has 13 heteroatoms. The van der Waals surface area contributed by atoms with Crippen molar-refractivity contribution in [2.24, 2.45) is 0 Å². The molecule has 1 aliphatic heterocycles. The van der Waals surface area contributed by atoms with E-state index in [1.54, 1.807) is 0 Å². The first kappa shape index (κ1) is 25.6. The summed E-state index contributed by atoms with van der Waals surface area (Å²) in [6.07, 6.45) is -4.34. The highest BCUT2D eigenvalue weighted by Crippen LogP contribution is 2.30. The second-order valence-electron chi connectivity index (χ2n) is 8.06. The number of carbonyl (C=O) groups excluding carboxylic acids is 1. The maximum atomic E-state index is 14.2. The monoisotopic (exact) mass is 526 g/mol. The van der Waals surface area contributed by atoms with E-state index >= 15 is 0 Å². The molecular weight excluding hydrogens is 507 g/mol. The van der Waals surface area contributed by atoms with E-state index in [1.807, 2.05) is 0 Å². The Balaban J connectivity index is 1.46. The molecule has 4 rings (SSSR count). The first-order valence-corrected chi connectivity index (χ1v) is 12.1. The molecule has 3 heterocycles. The van der Waals surface area contributed by atoms with Crippen LogP contribution in [0.25, 0.3) is 11.3 Å². The van der Waals surface area contributed by atoms with Gasteiger partial charge in [-0.3, -0.25) is 14.8 Å². The summed E-state index contributed by atoms with van der Waals surface area (Å²) in [4.78, 5) is 20.4. The summed E-state index contributed by atoms with van der Waals surface area (Å²) in [5, 5.41) is 2.53. The zero-order valence-corrected chi connectivity index (χ0v) is 19.2. The van der Waals surface area contributed by atoms with Crippen molar-refractivity contribution < 1.29 is 35.2 Å². The molecule has 0 aliphatic carbocycles. The van der Waals surface area contributed by atoms with E-state index < -0.39 is 52.2 Å². The predicted molar refractivity (Wildman–Crippen MR) is 118 cm³/mol. The average molecular weight is 526 g/mol. The molecule has 36 heavy (non-hydrogen) atoms. The van der Waals surface area contributed by atoms with E-state index in [4.69, 9.17) is 0 Å². The number of rotatable bonds is 6. The van der Waals surface area contributed by atoms with Crippen molar-refractivity contribution >= 4 is 15.9 Å². The Morgan fingerprint density at radius 2 is 1.81 bits per heavy atom. The number of nitrogens with one attached hydrogen (secondary N) is 1. The summed E-state index contributed by atoms with van der Waals surface area (Å²) in [7, 11) is -4.26. The summed E-state index contributed by atoms with van der Waals surface area (Å²) >= 11 is 0. The number of hydrogen-bond donors (Lipinski definition) is 1. The maximum Gasteiger partial charge on any atom is 0.417 e. The van der Waals surface area contributed by atoms with Crippen LogP contribution in [-0.4, -0.2) is 47.4 Å². The lowest BCUT2D eigenvalue weighted by Gasteiger charge is -2.23. The van der Waals surface area contributed by atoms with Gasteiger partial charge in [0.05, 0.1) is 28.4 Å². The zero-order chi connectivity index (χ0) is 26.1. The van der Waals surface area contributed by atoms with E-state index in [2.05, 4.69) is 15.3 Å². The van der Waals surface area contributed by atoms with E-state index in [0.29, 0.717) is 17.5 Å². The lowest BCUT2D eigenvalue weighted by Crippen LogP contribution is -2.45. The van der Waals surface area contributed by atoms with E-state index in [0.717, 1.165) is 34.6 Å². The minimum absolute atomic E-state index is 0.148. The highest BCUT2D eigenvalue weighted by atomic mass is 32.2. The molecule has 1 amide bonds. The zero-order valence-electron chi connectivity index (χ0n) is 18.4. The first-order valence-electron chi connectivity index (χ1n) is 10.6. The summed E-state index contributed by atoms with van der Waals surface area (Å²) in [5.41, 5.74) is 0.139. The van der Waals surface area contributed by atoms with Crippen LogP contribution in [-0.2, 0) is 27.5 Å². The van der Waals surface area contributed by atoms with Gasteiger partial charge in [-0.1, -0.05) is 0 Å². The molecule has 0 unspecified atom stereocenters. The topological polar surface area (TPSA) is 92.3 Å². The van der Waals surface area contributed by atoms with Gasteiger partial charge in [-0.2, -0.15) is 17.5 Å². The maximum absolute atomic E-state index is 14.2. The molecule has 190 valence electrons. The molecule has 0 saturated carbocycles. The SMILES string of the molecule is O=C(NCc1cc(-c2ccc(C(F)(F)F)cn2)ccn1)[C@@H]1C[C@@H](F)CN1S(=O)(=O)c1ccc(F)cc1. The van der Waals surface area contributed by atoms with E-state index in [-0.39, 0.29) is 23.6 Å². The standard InChI is InChI=1S/C23H19F5N4O3S/c24-16-2-4-19(5-3-16)36(34,35)32-13-17(25)10-21(32)22(33)31-12-18-9-14(7-8-29-18)20-6-1-15(11-30-20)23(26,27)28/h1-9,11,17,21H,10,12-13H2,(H,31,33)/t17-,21+/m1/s1. The van der Waals surface area contributed by atoms with Crippen LogP contribution in [0, 0.1) is 5.82 Å². The Kier molecular flexibility index (Phi) is 7.05. The Labute approximate surface area is 203 Å². The van der Waals surface area contributed by atoms with Gasteiger partial charge in [-0.25, -0.2) is 17.2 Å². The Hall–Kier alpha value is -3.45. The molecule has 0 spiro atoms. The van der Waals surface area contributed by atoms with Crippen LogP contribution in [0.3, 0.4) is 0 Å². The van der Waals surface area contributed by atoms with Crippen LogP contribution in [0.15, 0.2) is 65.8 Å². The number of benzene rings is 1. The van der Waals surface area contributed by atoms with Crippen molar-refractivity contribution in [3.63, 3.8) is 0 Å². The number of pyridine rings is 2. The third-order valence-electron chi connectivity index (χ3n) is 5.57. The predicted octanol–water partition coefficient (Wildman–Crippen LogP) is 3.72. The van der Waals surface area contributed by atoms with Gasteiger partial charge in [0.15, 0.2) is 0 Å². The van der Waals surface area contributed by atoms with Crippen LogP contribution in [0.5, 0.6) is 0 Å². The molecular formula is C23H19F5N4O3S. The van der Waals surface area contributed by atoms with Gasteiger partial charge in [-0.15, -0.1) is 0 Å². The highest BCUT2D eigenvalue weighted by molar-refractivity contribution is 7.89. The van der Waals surface area contributed by atoms with E-state index in [1.165, 1.54) is 24.4 Å². The lowest BCUT2D eigenvalue weighted by atomic mass is 10.1. The summed E-state index contributed by atoms with van der Waals surface area (Å²) < 4.78 is 92.3. The molecule has 0 radical (unpaired) electrons. The third kappa shape index (κ3) is 5.51. The number of nitrogens with zero attached hydrogens (tertiary/aromatic N) is 3.